The Kier molecular flexibility index (Phi) is 8.93. The van der Waals surface area contributed by atoms with Gasteiger partial charge in [0.25, 0.3) is 10.0 Å². The van der Waals surface area contributed by atoms with E-state index < -0.39 is 67.1 Å². The van der Waals surface area contributed by atoms with Gasteiger partial charge < -0.3 is 10.6 Å². The molecule has 4 aliphatic rings. The molecule has 0 bridgehead atoms. The van der Waals surface area contributed by atoms with Crippen molar-refractivity contribution in [1.82, 2.24) is 13.5 Å². The molecule has 2 N–H and O–H groups in total. The Balaban J connectivity index is 1.07. The summed E-state index contributed by atoms with van der Waals surface area (Å²) in [5.74, 6) is -4.90. The second-order valence-corrected chi connectivity index (χ2v) is 17.0. The van der Waals surface area contributed by atoms with Crippen LogP contribution >= 0.6 is 0 Å². The van der Waals surface area contributed by atoms with Crippen LogP contribution in [0.4, 0.5) is 5.69 Å². The highest BCUT2D eigenvalue weighted by Gasteiger charge is 2.48. The summed E-state index contributed by atoms with van der Waals surface area (Å²) in [5, 5.41) is 0. The fraction of sp³-hybridized carbons (Fsp3) is 0.211. The number of benzene rings is 3. The number of nitrogen functional groups attached to an aromatic ring is 1. The lowest BCUT2D eigenvalue weighted by Gasteiger charge is -2.29. The van der Waals surface area contributed by atoms with Crippen molar-refractivity contribution in [1.29, 1.82) is 0 Å². The van der Waals surface area contributed by atoms with Gasteiger partial charge in [-0.1, -0.05) is 66.7 Å². The first-order chi connectivity index (χ1) is 24.8. The normalized spacial score (nSPS) is 22.9. The highest BCUT2D eigenvalue weighted by Crippen LogP contribution is 2.42. The van der Waals surface area contributed by atoms with Crippen LogP contribution < -0.4 is 5.73 Å². The lowest BCUT2D eigenvalue weighted by Crippen LogP contribution is -2.44. The zero-order valence-corrected chi connectivity index (χ0v) is 29.5. The molecule has 0 spiro atoms. The van der Waals surface area contributed by atoms with Gasteiger partial charge in [-0.25, -0.2) is 16.8 Å². The molecule has 2 heterocycles. The Morgan fingerprint density at radius 2 is 1.19 bits per heavy atom. The van der Waals surface area contributed by atoms with E-state index in [1.165, 1.54) is 53.1 Å². The summed E-state index contributed by atoms with van der Waals surface area (Å²) in [4.78, 5) is 52.5. The molecule has 12 nitrogen and oxygen atoms in total. The maximum Gasteiger partial charge on any atom is 0.264 e. The molecule has 3 aromatic carbocycles. The van der Waals surface area contributed by atoms with Crippen LogP contribution in [0.3, 0.4) is 0 Å². The molecule has 4 unspecified atom stereocenters. The van der Waals surface area contributed by atoms with Crippen molar-refractivity contribution in [2.75, 3.05) is 25.1 Å². The molecule has 14 heteroatoms. The molecule has 0 radical (unpaired) electrons. The number of sulfonamides is 2. The third kappa shape index (κ3) is 6.22. The van der Waals surface area contributed by atoms with E-state index in [9.17, 15) is 36.0 Å². The number of anilines is 1. The van der Waals surface area contributed by atoms with Gasteiger partial charge in [0.15, 0.2) is 0 Å². The van der Waals surface area contributed by atoms with Crippen molar-refractivity contribution in [2.24, 2.45) is 11.8 Å². The fourth-order valence-corrected chi connectivity index (χ4v) is 10.1. The van der Waals surface area contributed by atoms with Gasteiger partial charge in [0.2, 0.25) is 33.2 Å². The summed E-state index contributed by atoms with van der Waals surface area (Å²) in [6, 6.07) is 20.0. The molecule has 2 aliphatic heterocycles. The third-order valence-electron chi connectivity index (χ3n) is 9.77. The Morgan fingerprint density at radius 1 is 0.673 bits per heavy atom. The number of hydrogen-bond donors (Lipinski definition) is 1. The number of carbonyl (C=O) groups excluding carboxylic acids is 4. The molecular weight excluding hydrogens is 705 g/mol. The second-order valence-electron chi connectivity index (χ2n) is 13.1. The number of ketones is 4. The molecule has 0 fully saturated rings. The lowest BCUT2D eigenvalue weighted by atomic mass is 9.82. The van der Waals surface area contributed by atoms with E-state index in [4.69, 9.17) is 5.73 Å². The Morgan fingerprint density at radius 3 is 1.77 bits per heavy atom. The monoisotopic (exact) mass is 738 g/mol. The van der Waals surface area contributed by atoms with Gasteiger partial charge >= 0.3 is 0 Å². The van der Waals surface area contributed by atoms with Gasteiger partial charge in [0, 0.05) is 31.2 Å². The summed E-state index contributed by atoms with van der Waals surface area (Å²) in [6.07, 6.45) is 8.03. The van der Waals surface area contributed by atoms with Crippen LogP contribution in [-0.2, 0) is 45.8 Å². The van der Waals surface area contributed by atoms with Crippen LogP contribution in [0.2, 0.25) is 0 Å². The standard InChI is InChI=1S/C38H34N4O8S2/c1-40(19-20-51(47,48)41-22-29(25-5-3-2-4-6-25)35-31(41)15-17-33(43)37(35)45)21-24-7-9-26(10-8-24)30-23-42(32-16-18-34(44)38(46)36(30)32)52(49,50)28-13-11-27(39)12-14-28/h2-18,22-23,31-32,35-36H,19-21,39H2,1H3. The fourth-order valence-electron chi connectivity index (χ4n) is 7.06. The van der Waals surface area contributed by atoms with Gasteiger partial charge in [-0.05, 0) is 71.3 Å². The Hall–Kier alpha value is -5.44. The molecule has 3 aromatic rings. The smallest absolute Gasteiger partial charge is 0.264 e. The third-order valence-corrected chi connectivity index (χ3v) is 13.2. The molecule has 4 atom stereocenters. The predicted molar refractivity (Wildman–Crippen MR) is 194 cm³/mol. The van der Waals surface area contributed by atoms with Gasteiger partial charge in [-0.3, -0.25) is 27.8 Å². The minimum atomic E-state index is -4.10. The molecule has 0 aromatic heterocycles. The topological polar surface area (TPSA) is 172 Å². The van der Waals surface area contributed by atoms with E-state index in [0.29, 0.717) is 34.5 Å². The number of rotatable bonds is 10. The zero-order chi connectivity index (χ0) is 36.9. The number of Topliss-reactive ketones (excluding diaryl/α,β-unsaturated/α-hetero) is 2. The molecule has 0 saturated carbocycles. The summed E-state index contributed by atoms with van der Waals surface area (Å²) in [5.41, 5.74) is 9.07. The number of nitrogens with zero attached hydrogens (tertiary/aromatic N) is 3. The molecule has 7 rings (SSSR count). The predicted octanol–water partition coefficient (Wildman–Crippen LogP) is 2.82. The van der Waals surface area contributed by atoms with Crippen molar-refractivity contribution in [3.05, 3.63) is 132 Å². The van der Waals surface area contributed by atoms with E-state index in [1.807, 2.05) is 11.0 Å². The molecule has 52 heavy (non-hydrogen) atoms. The summed E-state index contributed by atoms with van der Waals surface area (Å²) in [7, 11) is -6.24. The number of nitrogens with two attached hydrogens (primary N) is 1. The summed E-state index contributed by atoms with van der Waals surface area (Å²) >= 11 is 0. The van der Waals surface area contributed by atoms with Crippen molar-refractivity contribution in [2.45, 2.75) is 23.5 Å². The first-order valence-corrected chi connectivity index (χ1v) is 19.5. The van der Waals surface area contributed by atoms with Crippen LogP contribution in [0.1, 0.15) is 16.7 Å². The average Bonchev–Trinajstić information content (AvgIpc) is 3.73. The number of carbonyl (C=O) groups is 4. The van der Waals surface area contributed by atoms with Crippen LogP contribution in [0.5, 0.6) is 0 Å². The minimum absolute atomic E-state index is 0.00731. The highest BCUT2D eigenvalue weighted by atomic mass is 32.2. The Bertz CT molecular complexity index is 2330. The lowest BCUT2D eigenvalue weighted by molar-refractivity contribution is -0.136. The minimum Gasteiger partial charge on any atom is -0.399 e. The van der Waals surface area contributed by atoms with Crippen LogP contribution in [-0.4, -0.2) is 84.9 Å². The maximum atomic E-state index is 13.7. The van der Waals surface area contributed by atoms with E-state index >= 15 is 0 Å². The van der Waals surface area contributed by atoms with E-state index in [0.717, 1.165) is 22.0 Å². The number of fused-ring (bicyclic) bond motifs is 2. The maximum absolute atomic E-state index is 13.7. The van der Waals surface area contributed by atoms with Crippen LogP contribution in [0.25, 0.3) is 11.1 Å². The molecule has 266 valence electrons. The van der Waals surface area contributed by atoms with E-state index in [1.54, 1.807) is 55.6 Å². The quantitative estimate of drug-likeness (QED) is 0.241. The molecular formula is C38H34N4O8S2. The molecule has 0 amide bonds. The zero-order valence-electron chi connectivity index (χ0n) is 27.9. The highest BCUT2D eigenvalue weighted by molar-refractivity contribution is 7.89. The first-order valence-electron chi connectivity index (χ1n) is 16.5. The van der Waals surface area contributed by atoms with Gasteiger partial charge in [0.1, 0.15) is 0 Å². The largest absolute Gasteiger partial charge is 0.399 e. The molecule has 2 aliphatic carbocycles. The van der Waals surface area contributed by atoms with Crippen molar-refractivity contribution < 1.29 is 36.0 Å². The number of hydrogen-bond acceptors (Lipinski definition) is 10. The molecule has 0 saturated heterocycles. The van der Waals surface area contributed by atoms with Gasteiger partial charge in [-0.15, -0.1) is 0 Å². The Labute approximate surface area is 301 Å². The first kappa shape index (κ1) is 35.0. The summed E-state index contributed by atoms with van der Waals surface area (Å²) in [6.45, 7) is 0.516. The van der Waals surface area contributed by atoms with Crippen molar-refractivity contribution in [3.8, 4) is 0 Å². The average molecular weight is 739 g/mol. The van der Waals surface area contributed by atoms with Crippen LogP contribution in [0.15, 0.2) is 120 Å². The van der Waals surface area contributed by atoms with Crippen LogP contribution in [0, 0.1) is 11.8 Å². The van der Waals surface area contributed by atoms with Crippen molar-refractivity contribution in [3.63, 3.8) is 0 Å². The van der Waals surface area contributed by atoms with Crippen molar-refractivity contribution >= 4 is 60.0 Å². The van der Waals surface area contributed by atoms with E-state index in [2.05, 4.69) is 0 Å². The van der Waals surface area contributed by atoms with Gasteiger partial charge in [-0.2, -0.15) is 0 Å². The summed E-state index contributed by atoms with van der Waals surface area (Å²) < 4.78 is 57.0. The second kappa shape index (κ2) is 13.3. The number of allylic oxidation sites excluding steroid dienone is 2. The van der Waals surface area contributed by atoms with Gasteiger partial charge in [0.05, 0.1) is 34.6 Å². The van der Waals surface area contributed by atoms with E-state index in [-0.39, 0.29) is 17.2 Å². The SMILES string of the molecule is CN(CCS(=O)(=O)N1C=C(c2ccccc2)C2C(=O)C(=O)C=CC21)Cc1ccc(C2=CN(S(=O)(=O)c3ccc(N)cc3)C3C=CC(=O)C(=O)C23)cc1.